The molecule has 0 atom stereocenters. The van der Waals surface area contributed by atoms with Gasteiger partial charge in [-0.1, -0.05) is 0 Å². The lowest BCUT2D eigenvalue weighted by atomic mass is 10.1. The van der Waals surface area contributed by atoms with Crippen molar-refractivity contribution < 1.29 is 4.74 Å². The van der Waals surface area contributed by atoms with Crippen molar-refractivity contribution >= 4 is 5.95 Å². The lowest BCUT2D eigenvalue weighted by Gasteiger charge is -2.31. The van der Waals surface area contributed by atoms with E-state index >= 15 is 0 Å². The van der Waals surface area contributed by atoms with Gasteiger partial charge in [-0.2, -0.15) is 0 Å². The summed E-state index contributed by atoms with van der Waals surface area (Å²) in [6.07, 6.45) is 3.91. The van der Waals surface area contributed by atoms with E-state index in [9.17, 15) is 0 Å². The summed E-state index contributed by atoms with van der Waals surface area (Å²) < 4.78 is 5.36. The standard InChI is InChI=1S/C12H20N4O/c1-9-10(7-13)8-14-12(15-9)16(2)11-3-5-17-6-4-11/h8,11H,3-7,13H2,1-2H3. The quantitative estimate of drug-likeness (QED) is 0.843. The van der Waals surface area contributed by atoms with Crippen molar-refractivity contribution in [1.29, 1.82) is 0 Å². The van der Waals surface area contributed by atoms with Crippen LogP contribution in [0.1, 0.15) is 24.1 Å². The van der Waals surface area contributed by atoms with Gasteiger partial charge in [-0.15, -0.1) is 0 Å². The second-order valence-electron chi connectivity index (χ2n) is 4.44. The van der Waals surface area contributed by atoms with Gasteiger partial charge in [0.15, 0.2) is 0 Å². The number of ether oxygens (including phenoxy) is 1. The van der Waals surface area contributed by atoms with Crippen molar-refractivity contribution in [2.75, 3.05) is 25.2 Å². The summed E-state index contributed by atoms with van der Waals surface area (Å²) in [6, 6.07) is 0.479. The highest BCUT2D eigenvalue weighted by atomic mass is 16.5. The van der Waals surface area contributed by atoms with Crippen LogP contribution in [-0.2, 0) is 11.3 Å². The normalized spacial score (nSPS) is 17.1. The molecule has 2 rings (SSSR count). The second-order valence-corrected chi connectivity index (χ2v) is 4.44. The fraction of sp³-hybridized carbons (Fsp3) is 0.667. The molecular formula is C12H20N4O. The van der Waals surface area contributed by atoms with Crippen molar-refractivity contribution in [2.24, 2.45) is 5.73 Å². The molecule has 2 heterocycles. The average molecular weight is 236 g/mol. The molecule has 17 heavy (non-hydrogen) atoms. The summed E-state index contributed by atoms with van der Waals surface area (Å²) in [7, 11) is 2.05. The molecule has 1 fully saturated rings. The molecule has 0 amide bonds. The van der Waals surface area contributed by atoms with Crippen molar-refractivity contribution in [2.45, 2.75) is 32.4 Å². The monoisotopic (exact) mass is 236 g/mol. The Morgan fingerprint density at radius 2 is 2.18 bits per heavy atom. The minimum atomic E-state index is 0.479. The Balaban J connectivity index is 2.12. The van der Waals surface area contributed by atoms with E-state index in [1.165, 1.54) is 0 Å². The maximum absolute atomic E-state index is 5.61. The highest BCUT2D eigenvalue weighted by Gasteiger charge is 2.20. The SMILES string of the molecule is Cc1nc(N(C)C2CCOCC2)ncc1CN. The number of aryl methyl sites for hydroxylation is 1. The maximum Gasteiger partial charge on any atom is 0.225 e. The molecule has 5 heteroatoms. The summed E-state index contributed by atoms with van der Waals surface area (Å²) in [5.41, 5.74) is 7.59. The number of aromatic nitrogens is 2. The highest BCUT2D eigenvalue weighted by molar-refractivity contribution is 5.33. The molecule has 94 valence electrons. The first kappa shape index (κ1) is 12.3. The van der Waals surface area contributed by atoms with Gasteiger partial charge in [-0.05, 0) is 19.8 Å². The second kappa shape index (κ2) is 5.42. The van der Waals surface area contributed by atoms with Crippen molar-refractivity contribution in [3.05, 3.63) is 17.5 Å². The zero-order valence-electron chi connectivity index (χ0n) is 10.5. The number of hydrogen-bond acceptors (Lipinski definition) is 5. The molecule has 0 spiro atoms. The third kappa shape index (κ3) is 2.73. The summed E-state index contributed by atoms with van der Waals surface area (Å²) in [4.78, 5) is 11.0. The van der Waals surface area contributed by atoms with E-state index in [-0.39, 0.29) is 0 Å². The summed E-state index contributed by atoms with van der Waals surface area (Å²) in [5, 5.41) is 0. The van der Waals surface area contributed by atoms with Crippen LogP contribution in [-0.4, -0.2) is 36.3 Å². The van der Waals surface area contributed by atoms with Crippen LogP contribution in [0.25, 0.3) is 0 Å². The smallest absolute Gasteiger partial charge is 0.225 e. The van der Waals surface area contributed by atoms with Crippen LogP contribution in [0, 0.1) is 6.92 Å². The molecule has 2 N–H and O–H groups in total. The van der Waals surface area contributed by atoms with Gasteiger partial charge in [-0.25, -0.2) is 9.97 Å². The van der Waals surface area contributed by atoms with Crippen LogP contribution in [0.4, 0.5) is 5.95 Å². The van der Waals surface area contributed by atoms with Gasteiger partial charge in [0, 0.05) is 50.3 Å². The molecule has 1 aliphatic heterocycles. The molecule has 0 aromatic carbocycles. The zero-order chi connectivity index (χ0) is 12.3. The molecule has 0 aliphatic carbocycles. The Morgan fingerprint density at radius 3 is 2.76 bits per heavy atom. The Bertz CT molecular complexity index is 377. The zero-order valence-corrected chi connectivity index (χ0v) is 10.5. The predicted molar refractivity (Wildman–Crippen MR) is 66.9 cm³/mol. The lowest BCUT2D eigenvalue weighted by Crippen LogP contribution is -2.37. The third-order valence-electron chi connectivity index (χ3n) is 3.34. The van der Waals surface area contributed by atoms with E-state index in [4.69, 9.17) is 10.5 Å². The van der Waals surface area contributed by atoms with E-state index in [1.807, 2.05) is 20.2 Å². The molecule has 0 bridgehead atoms. The fourth-order valence-corrected chi connectivity index (χ4v) is 2.09. The topological polar surface area (TPSA) is 64.3 Å². The van der Waals surface area contributed by atoms with E-state index in [0.717, 1.165) is 43.3 Å². The molecule has 0 unspecified atom stereocenters. The van der Waals surface area contributed by atoms with Crippen LogP contribution < -0.4 is 10.6 Å². The molecule has 1 aromatic rings. The van der Waals surface area contributed by atoms with Crippen molar-refractivity contribution in [1.82, 2.24) is 9.97 Å². The molecule has 5 nitrogen and oxygen atoms in total. The van der Waals surface area contributed by atoms with Crippen molar-refractivity contribution in [3.63, 3.8) is 0 Å². The van der Waals surface area contributed by atoms with E-state index in [0.29, 0.717) is 12.6 Å². The molecule has 0 saturated carbocycles. The first-order chi connectivity index (χ1) is 8.22. The average Bonchev–Trinajstić information content (AvgIpc) is 2.39. The maximum atomic E-state index is 5.61. The van der Waals surface area contributed by atoms with Gasteiger partial charge in [0.1, 0.15) is 0 Å². The van der Waals surface area contributed by atoms with Crippen LogP contribution >= 0.6 is 0 Å². The molecule has 1 saturated heterocycles. The van der Waals surface area contributed by atoms with Crippen LogP contribution in [0.3, 0.4) is 0 Å². The Morgan fingerprint density at radius 1 is 1.47 bits per heavy atom. The number of anilines is 1. The predicted octanol–water partition coefficient (Wildman–Crippen LogP) is 0.859. The van der Waals surface area contributed by atoms with Gasteiger partial charge >= 0.3 is 0 Å². The Kier molecular flexibility index (Phi) is 3.91. The number of hydrogen-bond donors (Lipinski definition) is 1. The lowest BCUT2D eigenvalue weighted by molar-refractivity contribution is 0.0852. The van der Waals surface area contributed by atoms with Crippen LogP contribution in [0.5, 0.6) is 0 Å². The van der Waals surface area contributed by atoms with Gasteiger partial charge in [0.25, 0.3) is 0 Å². The first-order valence-corrected chi connectivity index (χ1v) is 6.05. The van der Waals surface area contributed by atoms with Crippen LogP contribution in [0.2, 0.25) is 0 Å². The largest absolute Gasteiger partial charge is 0.381 e. The summed E-state index contributed by atoms with van der Waals surface area (Å²) in [6.45, 7) is 4.13. The van der Waals surface area contributed by atoms with E-state index < -0.39 is 0 Å². The van der Waals surface area contributed by atoms with E-state index in [1.54, 1.807) is 0 Å². The number of rotatable bonds is 3. The minimum Gasteiger partial charge on any atom is -0.381 e. The van der Waals surface area contributed by atoms with Crippen LogP contribution in [0.15, 0.2) is 6.20 Å². The van der Waals surface area contributed by atoms with Gasteiger partial charge in [-0.3, -0.25) is 0 Å². The highest BCUT2D eigenvalue weighted by Crippen LogP contribution is 2.18. The number of nitrogens with zero attached hydrogens (tertiary/aromatic N) is 3. The Hall–Kier alpha value is -1.20. The molecule has 0 radical (unpaired) electrons. The minimum absolute atomic E-state index is 0.479. The van der Waals surface area contributed by atoms with Crippen molar-refractivity contribution in [3.8, 4) is 0 Å². The third-order valence-corrected chi connectivity index (χ3v) is 3.34. The fourth-order valence-electron chi connectivity index (χ4n) is 2.09. The van der Waals surface area contributed by atoms with E-state index in [2.05, 4.69) is 14.9 Å². The number of nitrogens with two attached hydrogens (primary N) is 1. The molecular weight excluding hydrogens is 216 g/mol. The molecule has 1 aromatic heterocycles. The molecule has 1 aliphatic rings. The van der Waals surface area contributed by atoms with Gasteiger partial charge in [0.05, 0.1) is 0 Å². The summed E-state index contributed by atoms with van der Waals surface area (Å²) >= 11 is 0. The van der Waals surface area contributed by atoms with Gasteiger partial charge < -0.3 is 15.4 Å². The summed E-state index contributed by atoms with van der Waals surface area (Å²) in [5.74, 6) is 0.784. The van der Waals surface area contributed by atoms with Gasteiger partial charge in [0.2, 0.25) is 5.95 Å². The Labute approximate surface area is 102 Å². The first-order valence-electron chi connectivity index (χ1n) is 6.05.